The molecule has 1 heterocycles. The average molecular weight is 307 g/mol. The van der Waals surface area contributed by atoms with Crippen molar-refractivity contribution >= 4 is 33.3 Å². The molecule has 1 aromatic heterocycles. The number of anilines is 1. The zero-order valence-corrected chi connectivity index (χ0v) is 11.8. The van der Waals surface area contributed by atoms with Crippen molar-refractivity contribution in [3.05, 3.63) is 21.8 Å². The maximum atomic E-state index is 6.17. The molecular weight excluding hydrogens is 289 g/mol. The number of aromatic nitrogens is 1. The summed E-state index contributed by atoms with van der Waals surface area (Å²) in [4.78, 5) is 6.54. The van der Waals surface area contributed by atoms with E-state index in [4.69, 9.17) is 17.3 Å². The molecule has 0 aromatic carbocycles. The summed E-state index contributed by atoms with van der Waals surface area (Å²) in [6.45, 7) is 4.68. The quantitative estimate of drug-likeness (QED) is 0.878. The predicted octanol–water partition coefficient (Wildman–Crippen LogP) is 3.06. The SMILES string of the molecule is CCCN(CCCN)c1ncc(Br)cc1Cl. The monoisotopic (exact) mass is 305 g/mol. The second-order valence-electron chi connectivity index (χ2n) is 3.59. The van der Waals surface area contributed by atoms with E-state index in [1.54, 1.807) is 6.20 Å². The Morgan fingerprint density at radius 1 is 1.50 bits per heavy atom. The Morgan fingerprint density at radius 3 is 2.81 bits per heavy atom. The van der Waals surface area contributed by atoms with Crippen molar-refractivity contribution in [2.75, 3.05) is 24.5 Å². The molecule has 90 valence electrons. The number of pyridine rings is 1. The van der Waals surface area contributed by atoms with Gasteiger partial charge in [0.2, 0.25) is 0 Å². The van der Waals surface area contributed by atoms with Crippen LogP contribution in [-0.2, 0) is 0 Å². The van der Waals surface area contributed by atoms with E-state index in [0.717, 1.165) is 36.2 Å². The Balaban J connectivity index is 2.82. The van der Waals surface area contributed by atoms with Crippen LogP contribution in [0.5, 0.6) is 0 Å². The van der Waals surface area contributed by atoms with E-state index >= 15 is 0 Å². The second-order valence-corrected chi connectivity index (χ2v) is 4.91. The highest BCUT2D eigenvalue weighted by atomic mass is 79.9. The van der Waals surface area contributed by atoms with Crippen LogP contribution >= 0.6 is 27.5 Å². The number of nitrogens with zero attached hydrogens (tertiary/aromatic N) is 2. The van der Waals surface area contributed by atoms with E-state index in [1.165, 1.54) is 0 Å². The summed E-state index contributed by atoms with van der Waals surface area (Å²) in [5.41, 5.74) is 5.53. The smallest absolute Gasteiger partial charge is 0.147 e. The molecular formula is C11H17BrClN3. The molecule has 0 aliphatic carbocycles. The van der Waals surface area contributed by atoms with Crippen molar-refractivity contribution in [2.45, 2.75) is 19.8 Å². The van der Waals surface area contributed by atoms with Gasteiger partial charge in [-0.2, -0.15) is 0 Å². The molecule has 0 aliphatic rings. The van der Waals surface area contributed by atoms with Gasteiger partial charge in [0.25, 0.3) is 0 Å². The van der Waals surface area contributed by atoms with Gasteiger partial charge in [-0.15, -0.1) is 0 Å². The minimum absolute atomic E-state index is 0.680. The molecule has 0 spiro atoms. The van der Waals surface area contributed by atoms with Gasteiger partial charge in [-0.3, -0.25) is 0 Å². The summed E-state index contributed by atoms with van der Waals surface area (Å²) in [6.07, 6.45) is 3.79. The van der Waals surface area contributed by atoms with Crippen molar-refractivity contribution in [3.8, 4) is 0 Å². The summed E-state index contributed by atoms with van der Waals surface area (Å²) in [5, 5.41) is 0.680. The molecule has 0 saturated carbocycles. The van der Waals surface area contributed by atoms with Gasteiger partial charge in [0.15, 0.2) is 0 Å². The third kappa shape index (κ3) is 3.92. The lowest BCUT2D eigenvalue weighted by atomic mass is 10.3. The van der Waals surface area contributed by atoms with E-state index < -0.39 is 0 Å². The molecule has 5 heteroatoms. The average Bonchev–Trinajstić information content (AvgIpc) is 2.25. The molecule has 0 radical (unpaired) electrons. The van der Waals surface area contributed by atoms with E-state index in [-0.39, 0.29) is 0 Å². The van der Waals surface area contributed by atoms with Gasteiger partial charge in [0.1, 0.15) is 5.82 Å². The topological polar surface area (TPSA) is 42.1 Å². The van der Waals surface area contributed by atoms with Gasteiger partial charge in [-0.05, 0) is 41.4 Å². The fourth-order valence-electron chi connectivity index (χ4n) is 1.52. The highest BCUT2D eigenvalue weighted by molar-refractivity contribution is 9.10. The number of nitrogens with two attached hydrogens (primary N) is 1. The molecule has 0 amide bonds. The van der Waals surface area contributed by atoms with Crippen LogP contribution in [0.3, 0.4) is 0 Å². The van der Waals surface area contributed by atoms with Crippen molar-refractivity contribution in [2.24, 2.45) is 5.73 Å². The molecule has 0 aliphatic heterocycles. The van der Waals surface area contributed by atoms with Crippen molar-refractivity contribution in [1.29, 1.82) is 0 Å². The van der Waals surface area contributed by atoms with E-state index in [1.807, 2.05) is 6.07 Å². The van der Waals surface area contributed by atoms with Crippen LogP contribution in [0.15, 0.2) is 16.7 Å². The van der Waals surface area contributed by atoms with Crippen LogP contribution < -0.4 is 10.6 Å². The van der Waals surface area contributed by atoms with Gasteiger partial charge in [-0.1, -0.05) is 18.5 Å². The lowest BCUT2D eigenvalue weighted by molar-refractivity contribution is 0.712. The Morgan fingerprint density at radius 2 is 2.25 bits per heavy atom. The highest BCUT2D eigenvalue weighted by Crippen LogP contribution is 2.26. The van der Waals surface area contributed by atoms with Gasteiger partial charge in [-0.25, -0.2) is 4.98 Å². The highest BCUT2D eigenvalue weighted by Gasteiger charge is 2.10. The molecule has 0 unspecified atom stereocenters. The van der Waals surface area contributed by atoms with Gasteiger partial charge in [0.05, 0.1) is 5.02 Å². The van der Waals surface area contributed by atoms with E-state index in [2.05, 4.69) is 32.7 Å². The van der Waals surface area contributed by atoms with E-state index in [0.29, 0.717) is 11.6 Å². The number of hydrogen-bond donors (Lipinski definition) is 1. The normalized spacial score (nSPS) is 10.5. The molecule has 1 aromatic rings. The third-order valence-corrected chi connectivity index (χ3v) is 2.93. The zero-order chi connectivity index (χ0) is 12.0. The minimum Gasteiger partial charge on any atom is -0.355 e. The van der Waals surface area contributed by atoms with Crippen LogP contribution in [0, 0.1) is 0 Å². The van der Waals surface area contributed by atoms with Crippen LogP contribution in [-0.4, -0.2) is 24.6 Å². The van der Waals surface area contributed by atoms with Gasteiger partial charge < -0.3 is 10.6 Å². The summed E-state index contributed by atoms with van der Waals surface area (Å²) >= 11 is 9.53. The van der Waals surface area contributed by atoms with Crippen molar-refractivity contribution < 1.29 is 0 Å². The Kier molecular flexibility index (Phi) is 6.09. The predicted molar refractivity (Wildman–Crippen MR) is 73.1 cm³/mol. The molecule has 16 heavy (non-hydrogen) atoms. The summed E-state index contributed by atoms with van der Waals surface area (Å²) in [6, 6.07) is 1.87. The standard InChI is InChI=1S/C11H17BrClN3/c1-2-5-16(6-3-4-14)11-10(13)7-9(12)8-15-11/h7-8H,2-6,14H2,1H3. The second kappa shape index (κ2) is 7.09. The molecule has 2 N–H and O–H groups in total. The van der Waals surface area contributed by atoms with Crippen molar-refractivity contribution in [3.63, 3.8) is 0 Å². The maximum absolute atomic E-state index is 6.17. The minimum atomic E-state index is 0.680. The fraction of sp³-hybridized carbons (Fsp3) is 0.545. The van der Waals surface area contributed by atoms with Gasteiger partial charge in [0, 0.05) is 23.8 Å². The molecule has 0 atom stereocenters. The number of hydrogen-bond acceptors (Lipinski definition) is 3. The summed E-state index contributed by atoms with van der Waals surface area (Å²) in [5.74, 6) is 0.847. The Hall–Kier alpha value is -0.320. The van der Waals surface area contributed by atoms with Crippen LogP contribution in [0.25, 0.3) is 0 Å². The Labute approximate surface area is 110 Å². The third-order valence-electron chi connectivity index (χ3n) is 2.21. The first-order chi connectivity index (χ1) is 7.69. The zero-order valence-electron chi connectivity index (χ0n) is 9.42. The first-order valence-corrected chi connectivity index (χ1v) is 6.62. The maximum Gasteiger partial charge on any atom is 0.147 e. The lowest BCUT2D eigenvalue weighted by Gasteiger charge is -2.23. The molecule has 0 saturated heterocycles. The summed E-state index contributed by atoms with van der Waals surface area (Å²) < 4.78 is 0.900. The largest absolute Gasteiger partial charge is 0.355 e. The van der Waals surface area contributed by atoms with Crippen LogP contribution in [0.1, 0.15) is 19.8 Å². The number of halogens is 2. The number of rotatable bonds is 6. The molecule has 0 bridgehead atoms. The molecule has 3 nitrogen and oxygen atoms in total. The summed E-state index contributed by atoms with van der Waals surface area (Å²) in [7, 11) is 0. The lowest BCUT2D eigenvalue weighted by Crippen LogP contribution is -2.28. The van der Waals surface area contributed by atoms with Crippen molar-refractivity contribution in [1.82, 2.24) is 4.98 Å². The van der Waals surface area contributed by atoms with Crippen LogP contribution in [0.2, 0.25) is 5.02 Å². The van der Waals surface area contributed by atoms with Crippen LogP contribution in [0.4, 0.5) is 5.82 Å². The first kappa shape index (κ1) is 13.7. The van der Waals surface area contributed by atoms with Gasteiger partial charge >= 0.3 is 0 Å². The fourth-order valence-corrected chi connectivity index (χ4v) is 2.26. The Bertz CT molecular complexity index is 333. The van der Waals surface area contributed by atoms with E-state index in [9.17, 15) is 0 Å². The first-order valence-electron chi connectivity index (χ1n) is 5.45. The molecule has 1 rings (SSSR count). The molecule has 0 fully saturated rings.